The number of amides is 1. The monoisotopic (exact) mass is 264 g/mol. The number of rotatable bonds is 4. The lowest BCUT2D eigenvalue weighted by molar-refractivity contribution is -0.0175. The number of nitrogens with one attached hydrogen (secondary N) is 2. The van der Waals surface area contributed by atoms with E-state index in [-0.39, 0.29) is 12.0 Å². The number of morpholine rings is 1. The number of anilines is 1. The van der Waals surface area contributed by atoms with Gasteiger partial charge in [0.15, 0.2) is 0 Å². The molecule has 104 valence electrons. The van der Waals surface area contributed by atoms with Crippen LogP contribution in [0.3, 0.4) is 0 Å². The van der Waals surface area contributed by atoms with Crippen LogP contribution in [0.25, 0.3) is 0 Å². The molecule has 6 heteroatoms. The van der Waals surface area contributed by atoms with Gasteiger partial charge in [0, 0.05) is 26.7 Å². The summed E-state index contributed by atoms with van der Waals surface area (Å²) in [5.74, 6) is -0.167. The van der Waals surface area contributed by atoms with Crippen LogP contribution in [0.15, 0.2) is 18.3 Å². The van der Waals surface area contributed by atoms with Gasteiger partial charge >= 0.3 is 0 Å². The quantitative estimate of drug-likeness (QED) is 0.812. The molecular formula is C13H20N4O2. The highest BCUT2D eigenvalue weighted by molar-refractivity contribution is 5.92. The topological polar surface area (TPSA) is 66.5 Å². The zero-order chi connectivity index (χ0) is 13.7. The van der Waals surface area contributed by atoms with Crippen LogP contribution in [0.5, 0.6) is 0 Å². The van der Waals surface area contributed by atoms with E-state index in [4.69, 9.17) is 4.74 Å². The van der Waals surface area contributed by atoms with Gasteiger partial charge in [0.2, 0.25) is 0 Å². The third-order valence-electron chi connectivity index (χ3n) is 3.12. The number of hydrogen-bond acceptors (Lipinski definition) is 5. The highest BCUT2D eigenvalue weighted by Crippen LogP contribution is 2.05. The van der Waals surface area contributed by atoms with Crippen LogP contribution in [0.4, 0.5) is 5.69 Å². The molecule has 1 aromatic rings. The Morgan fingerprint density at radius 3 is 3.05 bits per heavy atom. The van der Waals surface area contributed by atoms with E-state index in [1.54, 1.807) is 12.3 Å². The summed E-state index contributed by atoms with van der Waals surface area (Å²) in [6.07, 6.45) is 1.69. The number of ether oxygens (including phenoxy) is 1. The molecule has 1 aliphatic heterocycles. The Bertz CT molecular complexity index is 421. The predicted molar refractivity (Wildman–Crippen MR) is 73.4 cm³/mol. The van der Waals surface area contributed by atoms with Crippen molar-refractivity contribution in [3.05, 3.63) is 24.0 Å². The van der Waals surface area contributed by atoms with Crippen LogP contribution in [-0.2, 0) is 4.74 Å². The molecule has 2 rings (SSSR count). The molecule has 1 amide bonds. The van der Waals surface area contributed by atoms with Crippen molar-refractivity contribution in [2.24, 2.45) is 0 Å². The third kappa shape index (κ3) is 3.90. The zero-order valence-electron chi connectivity index (χ0n) is 11.3. The lowest BCUT2D eigenvalue weighted by atomic mass is 10.2. The lowest BCUT2D eigenvalue weighted by Gasteiger charge is -2.30. The summed E-state index contributed by atoms with van der Waals surface area (Å²) in [5.41, 5.74) is 1.30. The van der Waals surface area contributed by atoms with Gasteiger partial charge in [-0.3, -0.25) is 4.79 Å². The standard InChI is InChI=1S/C13H20N4O2/c1-14-10-3-4-12(15-7-10)13(18)16-8-11-9-17(2)5-6-19-11/h3-4,7,11,14H,5-6,8-9H2,1-2H3,(H,16,18). The Morgan fingerprint density at radius 2 is 2.42 bits per heavy atom. The van der Waals surface area contributed by atoms with E-state index < -0.39 is 0 Å². The number of likely N-dealkylation sites (N-methyl/N-ethyl adjacent to an activating group) is 1. The van der Waals surface area contributed by atoms with E-state index in [0.717, 1.165) is 18.8 Å². The molecule has 1 aromatic heterocycles. The Labute approximate surface area is 113 Å². The Morgan fingerprint density at radius 1 is 1.58 bits per heavy atom. The molecule has 0 spiro atoms. The maximum absolute atomic E-state index is 11.9. The molecule has 2 heterocycles. The van der Waals surface area contributed by atoms with Crippen molar-refractivity contribution in [2.75, 3.05) is 45.7 Å². The second-order valence-corrected chi connectivity index (χ2v) is 4.65. The van der Waals surface area contributed by atoms with E-state index in [9.17, 15) is 4.79 Å². The van der Waals surface area contributed by atoms with Crippen LogP contribution < -0.4 is 10.6 Å². The Balaban J connectivity index is 1.83. The molecule has 1 atom stereocenters. The average molecular weight is 264 g/mol. The van der Waals surface area contributed by atoms with Crippen molar-refractivity contribution >= 4 is 11.6 Å². The number of pyridine rings is 1. The highest BCUT2D eigenvalue weighted by Gasteiger charge is 2.18. The van der Waals surface area contributed by atoms with Gasteiger partial charge in [-0.15, -0.1) is 0 Å². The molecule has 0 aliphatic carbocycles. The lowest BCUT2D eigenvalue weighted by Crippen LogP contribution is -2.46. The molecule has 2 N–H and O–H groups in total. The van der Waals surface area contributed by atoms with E-state index in [2.05, 4.69) is 27.6 Å². The summed E-state index contributed by atoms with van der Waals surface area (Å²) in [6.45, 7) is 3.01. The minimum atomic E-state index is -0.167. The molecule has 0 radical (unpaired) electrons. The van der Waals surface area contributed by atoms with Gasteiger partial charge in [0.25, 0.3) is 5.91 Å². The van der Waals surface area contributed by atoms with Crippen LogP contribution in [0.2, 0.25) is 0 Å². The van der Waals surface area contributed by atoms with E-state index >= 15 is 0 Å². The van der Waals surface area contributed by atoms with E-state index in [1.807, 2.05) is 13.1 Å². The Hall–Kier alpha value is -1.66. The molecule has 0 saturated carbocycles. The predicted octanol–water partition coefficient (Wildman–Crippen LogP) is 0.184. The fourth-order valence-electron chi connectivity index (χ4n) is 1.96. The molecule has 6 nitrogen and oxygen atoms in total. The summed E-state index contributed by atoms with van der Waals surface area (Å²) in [5, 5.41) is 5.82. The van der Waals surface area contributed by atoms with Crippen LogP contribution >= 0.6 is 0 Å². The molecule has 1 fully saturated rings. The minimum absolute atomic E-state index is 0.0549. The first-order chi connectivity index (χ1) is 9.19. The molecular weight excluding hydrogens is 244 g/mol. The maximum Gasteiger partial charge on any atom is 0.269 e. The smallest absolute Gasteiger partial charge is 0.269 e. The van der Waals surface area contributed by atoms with Crippen molar-refractivity contribution in [2.45, 2.75) is 6.10 Å². The van der Waals surface area contributed by atoms with Gasteiger partial charge in [0.05, 0.1) is 24.6 Å². The van der Waals surface area contributed by atoms with E-state index in [0.29, 0.717) is 18.8 Å². The summed E-state index contributed by atoms with van der Waals surface area (Å²) in [4.78, 5) is 18.2. The van der Waals surface area contributed by atoms with Gasteiger partial charge in [-0.25, -0.2) is 4.98 Å². The minimum Gasteiger partial charge on any atom is -0.387 e. The SMILES string of the molecule is CNc1ccc(C(=O)NCC2CN(C)CCO2)nc1. The van der Waals surface area contributed by atoms with Crippen molar-refractivity contribution in [3.8, 4) is 0 Å². The molecule has 0 aromatic carbocycles. The summed E-state index contributed by atoms with van der Waals surface area (Å²) >= 11 is 0. The number of nitrogens with zero attached hydrogens (tertiary/aromatic N) is 2. The third-order valence-corrected chi connectivity index (χ3v) is 3.12. The first-order valence-electron chi connectivity index (χ1n) is 6.41. The van der Waals surface area contributed by atoms with Crippen LogP contribution in [-0.4, -0.2) is 62.2 Å². The van der Waals surface area contributed by atoms with Gasteiger partial charge < -0.3 is 20.3 Å². The number of hydrogen-bond donors (Lipinski definition) is 2. The fraction of sp³-hybridized carbons (Fsp3) is 0.538. The summed E-state index contributed by atoms with van der Waals surface area (Å²) in [7, 11) is 3.86. The van der Waals surface area contributed by atoms with Gasteiger partial charge in [0.1, 0.15) is 5.69 Å². The van der Waals surface area contributed by atoms with Gasteiger partial charge in [-0.2, -0.15) is 0 Å². The largest absolute Gasteiger partial charge is 0.387 e. The first-order valence-corrected chi connectivity index (χ1v) is 6.41. The molecule has 1 unspecified atom stereocenters. The zero-order valence-corrected chi connectivity index (χ0v) is 11.3. The number of carbonyl (C=O) groups excluding carboxylic acids is 1. The second kappa shape index (κ2) is 6.49. The highest BCUT2D eigenvalue weighted by atomic mass is 16.5. The first kappa shape index (κ1) is 13.8. The maximum atomic E-state index is 11.9. The molecule has 1 saturated heterocycles. The number of carbonyl (C=O) groups is 1. The van der Waals surface area contributed by atoms with Crippen LogP contribution in [0.1, 0.15) is 10.5 Å². The van der Waals surface area contributed by atoms with Gasteiger partial charge in [-0.1, -0.05) is 0 Å². The summed E-state index contributed by atoms with van der Waals surface area (Å²) < 4.78 is 5.58. The Kier molecular flexibility index (Phi) is 4.70. The van der Waals surface area contributed by atoms with Crippen LogP contribution in [0, 0.1) is 0 Å². The van der Waals surface area contributed by atoms with Crippen molar-refractivity contribution in [1.29, 1.82) is 0 Å². The number of aromatic nitrogens is 1. The van der Waals surface area contributed by atoms with E-state index in [1.165, 1.54) is 0 Å². The summed E-state index contributed by atoms with van der Waals surface area (Å²) in [6, 6.07) is 3.53. The second-order valence-electron chi connectivity index (χ2n) is 4.65. The normalized spacial score (nSPS) is 20.0. The molecule has 0 bridgehead atoms. The van der Waals surface area contributed by atoms with Crippen molar-refractivity contribution < 1.29 is 9.53 Å². The fourth-order valence-corrected chi connectivity index (χ4v) is 1.96. The average Bonchev–Trinajstić information content (AvgIpc) is 2.45. The van der Waals surface area contributed by atoms with Crippen molar-refractivity contribution in [3.63, 3.8) is 0 Å². The van der Waals surface area contributed by atoms with Crippen molar-refractivity contribution in [1.82, 2.24) is 15.2 Å². The van der Waals surface area contributed by atoms with Gasteiger partial charge in [-0.05, 0) is 19.2 Å². The molecule has 19 heavy (non-hydrogen) atoms. The molecule has 1 aliphatic rings.